The molecule has 0 bridgehead atoms. The molecule has 0 N–H and O–H groups in total. The number of rotatable bonds is 1. The monoisotopic (exact) mass is 267 g/mol. The first kappa shape index (κ1) is 14.8. The second kappa shape index (κ2) is 4.44. The van der Waals surface area contributed by atoms with E-state index in [4.69, 9.17) is 4.74 Å². The van der Waals surface area contributed by atoms with E-state index in [1.54, 1.807) is 20.8 Å². The number of carbonyl (C=O) groups excluding carboxylic acids is 2. The van der Waals surface area contributed by atoms with E-state index in [9.17, 15) is 22.8 Å². The lowest BCUT2D eigenvalue weighted by Gasteiger charge is -2.27. The summed E-state index contributed by atoms with van der Waals surface area (Å²) in [6, 6.07) is 0. The maximum Gasteiger partial charge on any atom is 0.410 e. The number of alkyl halides is 3. The Hall–Kier alpha value is -1.27. The van der Waals surface area contributed by atoms with Crippen molar-refractivity contribution in [1.82, 2.24) is 4.90 Å². The molecule has 1 aliphatic heterocycles. The highest BCUT2D eigenvalue weighted by Gasteiger charge is 2.59. The Bertz CT molecular complexity index is 348. The minimum atomic E-state index is -4.65. The molecule has 0 aromatic rings. The van der Waals surface area contributed by atoms with Gasteiger partial charge in [0.25, 0.3) is 0 Å². The molecule has 4 nitrogen and oxygen atoms in total. The summed E-state index contributed by atoms with van der Waals surface area (Å²) in [6.07, 6.45) is -6.00. The molecule has 0 radical (unpaired) electrons. The fourth-order valence-corrected chi connectivity index (χ4v) is 1.71. The van der Waals surface area contributed by atoms with Gasteiger partial charge in [0.2, 0.25) is 0 Å². The van der Waals surface area contributed by atoms with Gasteiger partial charge in [-0.05, 0) is 27.2 Å². The van der Waals surface area contributed by atoms with E-state index in [-0.39, 0.29) is 12.8 Å². The lowest BCUT2D eigenvalue weighted by Crippen LogP contribution is -2.44. The molecule has 7 heteroatoms. The predicted molar refractivity (Wildman–Crippen MR) is 57.0 cm³/mol. The predicted octanol–water partition coefficient (Wildman–Crippen LogP) is 2.37. The molecule has 1 aliphatic rings. The van der Waals surface area contributed by atoms with Crippen molar-refractivity contribution < 1.29 is 27.5 Å². The summed E-state index contributed by atoms with van der Waals surface area (Å²) in [7, 11) is 0. The van der Waals surface area contributed by atoms with E-state index in [1.807, 2.05) is 0 Å². The maximum atomic E-state index is 12.8. The lowest BCUT2D eigenvalue weighted by atomic mass is 9.88. The number of hydrogen-bond donors (Lipinski definition) is 0. The number of aldehydes is 1. The molecule has 104 valence electrons. The van der Waals surface area contributed by atoms with Crippen LogP contribution in [-0.4, -0.2) is 42.1 Å². The summed E-state index contributed by atoms with van der Waals surface area (Å²) in [6.45, 7) is 4.06. The Kier molecular flexibility index (Phi) is 3.65. The highest BCUT2D eigenvalue weighted by atomic mass is 19.4. The number of likely N-dealkylation sites (tertiary alicyclic amines) is 1. The average Bonchev–Trinajstić information content (AvgIpc) is 2.59. The Balaban J connectivity index is 2.77. The fraction of sp³-hybridized carbons (Fsp3) is 0.818. The average molecular weight is 267 g/mol. The van der Waals surface area contributed by atoms with Gasteiger partial charge in [-0.1, -0.05) is 0 Å². The molecular formula is C11H16F3NO3. The van der Waals surface area contributed by atoms with Crippen molar-refractivity contribution in [2.45, 2.75) is 39.0 Å². The van der Waals surface area contributed by atoms with Crippen LogP contribution in [0, 0.1) is 5.41 Å². The van der Waals surface area contributed by atoms with Gasteiger partial charge in [-0.3, -0.25) is 0 Å². The minimum Gasteiger partial charge on any atom is -0.444 e. The normalized spacial score (nSPS) is 25.1. The van der Waals surface area contributed by atoms with Gasteiger partial charge in [0.15, 0.2) is 0 Å². The van der Waals surface area contributed by atoms with Gasteiger partial charge in [-0.2, -0.15) is 13.2 Å². The molecule has 0 spiro atoms. The number of hydrogen-bond acceptors (Lipinski definition) is 3. The molecule has 0 saturated carbocycles. The standard InChI is InChI=1S/C11H16F3NO3/c1-9(2,3)18-8(17)15-5-4-10(6-15,7-16)11(12,13)14/h7H,4-6H2,1-3H3. The zero-order valence-electron chi connectivity index (χ0n) is 10.5. The van der Waals surface area contributed by atoms with E-state index in [0.717, 1.165) is 4.90 Å². The van der Waals surface area contributed by atoms with Crippen molar-refractivity contribution in [3.63, 3.8) is 0 Å². The molecule has 1 unspecified atom stereocenters. The maximum absolute atomic E-state index is 12.8. The Morgan fingerprint density at radius 2 is 1.89 bits per heavy atom. The molecule has 1 rings (SSSR count). The van der Waals surface area contributed by atoms with E-state index in [1.165, 1.54) is 0 Å². The number of halogens is 3. The summed E-state index contributed by atoms with van der Waals surface area (Å²) in [5.41, 5.74) is -3.23. The van der Waals surface area contributed by atoms with Crippen molar-refractivity contribution >= 4 is 12.4 Å². The van der Waals surface area contributed by atoms with E-state index in [0.29, 0.717) is 0 Å². The smallest absolute Gasteiger partial charge is 0.410 e. The van der Waals surface area contributed by atoms with Gasteiger partial charge in [0.05, 0.1) is 0 Å². The topological polar surface area (TPSA) is 46.6 Å². The Morgan fingerprint density at radius 3 is 2.22 bits per heavy atom. The van der Waals surface area contributed by atoms with E-state index in [2.05, 4.69) is 0 Å². The number of nitrogens with zero attached hydrogens (tertiary/aromatic N) is 1. The van der Waals surface area contributed by atoms with Crippen LogP contribution < -0.4 is 0 Å². The summed E-state index contributed by atoms with van der Waals surface area (Å²) in [5, 5.41) is 0. The molecule has 0 aromatic heterocycles. The van der Waals surface area contributed by atoms with Crippen LogP contribution in [0.25, 0.3) is 0 Å². The van der Waals surface area contributed by atoms with Crippen molar-refractivity contribution in [2.24, 2.45) is 5.41 Å². The van der Waals surface area contributed by atoms with Crippen molar-refractivity contribution in [3.05, 3.63) is 0 Å². The van der Waals surface area contributed by atoms with Crippen molar-refractivity contribution in [1.29, 1.82) is 0 Å². The molecule has 1 amide bonds. The highest BCUT2D eigenvalue weighted by molar-refractivity contribution is 5.71. The summed E-state index contributed by atoms with van der Waals surface area (Å²) >= 11 is 0. The SMILES string of the molecule is CC(C)(C)OC(=O)N1CCC(C=O)(C(F)(F)F)C1. The van der Waals surface area contributed by atoms with Gasteiger partial charge in [0.1, 0.15) is 17.3 Å². The zero-order chi connectivity index (χ0) is 14.2. The zero-order valence-corrected chi connectivity index (χ0v) is 10.5. The molecule has 1 fully saturated rings. The fourth-order valence-electron chi connectivity index (χ4n) is 1.71. The number of ether oxygens (including phenoxy) is 1. The van der Waals surface area contributed by atoms with Crippen LogP contribution in [-0.2, 0) is 9.53 Å². The van der Waals surface area contributed by atoms with Crippen LogP contribution in [0.5, 0.6) is 0 Å². The van der Waals surface area contributed by atoms with Crippen LogP contribution in [0.3, 0.4) is 0 Å². The quantitative estimate of drug-likeness (QED) is 0.685. The minimum absolute atomic E-state index is 0.114. The van der Waals surface area contributed by atoms with Crippen LogP contribution in [0.4, 0.5) is 18.0 Å². The third-order valence-corrected chi connectivity index (χ3v) is 2.74. The summed E-state index contributed by atoms with van der Waals surface area (Å²) < 4.78 is 43.3. The molecule has 18 heavy (non-hydrogen) atoms. The molecule has 0 aromatic carbocycles. The lowest BCUT2D eigenvalue weighted by molar-refractivity contribution is -0.209. The summed E-state index contributed by atoms with van der Waals surface area (Å²) in [4.78, 5) is 23.3. The number of amides is 1. The van der Waals surface area contributed by atoms with Gasteiger partial charge < -0.3 is 14.4 Å². The first-order chi connectivity index (χ1) is 8.01. The van der Waals surface area contributed by atoms with Crippen LogP contribution >= 0.6 is 0 Å². The van der Waals surface area contributed by atoms with E-state index < -0.39 is 36.3 Å². The highest BCUT2D eigenvalue weighted by Crippen LogP contribution is 2.44. The van der Waals surface area contributed by atoms with Gasteiger partial charge in [0, 0.05) is 13.1 Å². The van der Waals surface area contributed by atoms with Crippen LogP contribution in [0.2, 0.25) is 0 Å². The van der Waals surface area contributed by atoms with Gasteiger partial charge in [-0.15, -0.1) is 0 Å². The largest absolute Gasteiger partial charge is 0.444 e. The van der Waals surface area contributed by atoms with Crippen LogP contribution in [0.1, 0.15) is 27.2 Å². The molecule has 0 aliphatic carbocycles. The Morgan fingerprint density at radius 1 is 1.33 bits per heavy atom. The number of carbonyl (C=O) groups is 2. The van der Waals surface area contributed by atoms with Crippen LogP contribution in [0.15, 0.2) is 0 Å². The third kappa shape index (κ3) is 2.94. The first-order valence-corrected chi connectivity index (χ1v) is 5.52. The third-order valence-electron chi connectivity index (χ3n) is 2.74. The van der Waals surface area contributed by atoms with Gasteiger partial charge >= 0.3 is 12.3 Å². The van der Waals surface area contributed by atoms with Crippen molar-refractivity contribution in [2.75, 3.05) is 13.1 Å². The Labute approximate surface area is 103 Å². The van der Waals surface area contributed by atoms with Crippen molar-refractivity contribution in [3.8, 4) is 0 Å². The first-order valence-electron chi connectivity index (χ1n) is 5.52. The van der Waals surface area contributed by atoms with Gasteiger partial charge in [-0.25, -0.2) is 4.79 Å². The van der Waals surface area contributed by atoms with E-state index >= 15 is 0 Å². The second-order valence-electron chi connectivity index (χ2n) is 5.42. The molecule has 1 heterocycles. The molecule has 1 atom stereocenters. The molecular weight excluding hydrogens is 251 g/mol. The summed E-state index contributed by atoms with van der Waals surface area (Å²) in [5.74, 6) is 0. The molecule has 1 saturated heterocycles. The second-order valence-corrected chi connectivity index (χ2v) is 5.42.